The van der Waals surface area contributed by atoms with E-state index < -0.39 is 0 Å². The Labute approximate surface area is 117 Å². The summed E-state index contributed by atoms with van der Waals surface area (Å²) in [6, 6.07) is -0.0738. The quantitative estimate of drug-likeness (QED) is 0.668. The Kier molecular flexibility index (Phi) is 6.56. The lowest BCUT2D eigenvalue weighted by atomic mass is 9.72. The van der Waals surface area contributed by atoms with Crippen molar-refractivity contribution >= 4 is 19.6 Å². The van der Waals surface area contributed by atoms with Crippen LogP contribution in [0.1, 0.15) is 41.5 Å². The van der Waals surface area contributed by atoms with E-state index in [-0.39, 0.29) is 35.3 Å². The molecule has 0 saturated carbocycles. The van der Waals surface area contributed by atoms with Gasteiger partial charge in [0.1, 0.15) is 0 Å². The second-order valence-corrected chi connectivity index (χ2v) is 5.86. The first-order valence-electron chi connectivity index (χ1n) is 6.72. The van der Waals surface area contributed by atoms with Crippen molar-refractivity contribution in [3.63, 3.8) is 0 Å². The van der Waals surface area contributed by atoms with Gasteiger partial charge in [-0.2, -0.15) is 0 Å². The van der Waals surface area contributed by atoms with Gasteiger partial charge in [-0.3, -0.25) is 9.59 Å². The van der Waals surface area contributed by atoms with E-state index in [1.807, 2.05) is 27.7 Å². The minimum Gasteiger partial charge on any atom is -0.375 e. The van der Waals surface area contributed by atoms with E-state index >= 15 is 0 Å². The Morgan fingerprint density at radius 3 is 2.21 bits per heavy atom. The number of ether oxygens (including phenoxy) is 1. The fourth-order valence-electron chi connectivity index (χ4n) is 1.75. The first kappa shape index (κ1) is 18.0. The summed E-state index contributed by atoms with van der Waals surface area (Å²) >= 11 is 0. The molecule has 0 spiro atoms. The number of rotatable bonds is 7. The van der Waals surface area contributed by atoms with E-state index in [9.17, 15) is 9.59 Å². The molecule has 2 N–H and O–H groups in total. The lowest BCUT2D eigenvalue weighted by Crippen LogP contribution is -2.55. The third kappa shape index (κ3) is 5.23. The van der Waals surface area contributed by atoms with Crippen molar-refractivity contribution in [2.75, 3.05) is 13.2 Å². The molecule has 0 aliphatic carbocycles. The van der Waals surface area contributed by atoms with Gasteiger partial charge < -0.3 is 15.4 Å². The van der Waals surface area contributed by atoms with Crippen LogP contribution in [0.2, 0.25) is 0 Å². The lowest BCUT2D eigenvalue weighted by Gasteiger charge is -2.45. The maximum absolute atomic E-state index is 11.7. The Bertz CT molecular complexity index is 330. The molecule has 1 atom stereocenters. The standard InChI is InChI=1S/C13H27BN2O3/c1-7-19-13(5,6)12(3,4)9(2)16-10(17)8-15-11(14)18/h9H,7-8,14H2,1-6H3,(H,15,18)(H,16,17). The maximum Gasteiger partial charge on any atom is 0.239 e. The van der Waals surface area contributed by atoms with Gasteiger partial charge in [-0.25, -0.2) is 0 Å². The van der Waals surface area contributed by atoms with Crippen molar-refractivity contribution < 1.29 is 14.3 Å². The summed E-state index contributed by atoms with van der Waals surface area (Å²) in [5, 5.41) is 5.39. The third-order valence-corrected chi connectivity index (χ3v) is 4.01. The number of amides is 2. The zero-order valence-electron chi connectivity index (χ0n) is 13.2. The summed E-state index contributed by atoms with van der Waals surface area (Å²) in [6.45, 7) is 12.7. The van der Waals surface area contributed by atoms with Gasteiger partial charge in [0.15, 0.2) is 5.81 Å². The topological polar surface area (TPSA) is 67.4 Å². The fourth-order valence-corrected chi connectivity index (χ4v) is 1.75. The highest BCUT2D eigenvalue weighted by Crippen LogP contribution is 2.36. The van der Waals surface area contributed by atoms with Gasteiger partial charge in [0.05, 0.1) is 12.1 Å². The number of nitrogens with one attached hydrogen (secondary N) is 2. The summed E-state index contributed by atoms with van der Waals surface area (Å²) in [4.78, 5) is 22.5. The van der Waals surface area contributed by atoms with Crippen LogP contribution in [-0.2, 0) is 9.53 Å². The molecule has 0 fully saturated rings. The largest absolute Gasteiger partial charge is 0.375 e. The molecular weight excluding hydrogens is 243 g/mol. The third-order valence-electron chi connectivity index (χ3n) is 4.01. The van der Waals surface area contributed by atoms with Crippen LogP contribution in [0, 0.1) is 5.41 Å². The molecule has 6 heteroatoms. The predicted octanol–water partition coefficient (Wildman–Crippen LogP) is 0.675. The van der Waals surface area contributed by atoms with Gasteiger partial charge in [0, 0.05) is 18.1 Å². The monoisotopic (exact) mass is 270 g/mol. The first-order valence-corrected chi connectivity index (χ1v) is 6.72. The average molecular weight is 270 g/mol. The van der Waals surface area contributed by atoms with Crippen molar-refractivity contribution in [3.05, 3.63) is 0 Å². The van der Waals surface area contributed by atoms with Crippen LogP contribution >= 0.6 is 0 Å². The molecule has 0 aromatic carbocycles. The SMILES string of the molecule is BC(=O)NCC(=O)NC(C)C(C)(C)C(C)(C)OCC. The summed E-state index contributed by atoms with van der Waals surface area (Å²) in [6.07, 6.45) is 0. The Balaban J connectivity index is 4.58. The van der Waals surface area contributed by atoms with Crippen LogP contribution in [0.5, 0.6) is 0 Å². The van der Waals surface area contributed by atoms with Crippen LogP contribution in [-0.4, -0.2) is 44.4 Å². The predicted molar refractivity (Wildman–Crippen MR) is 79.0 cm³/mol. The van der Waals surface area contributed by atoms with Crippen LogP contribution in [0.25, 0.3) is 0 Å². The van der Waals surface area contributed by atoms with E-state index in [1.54, 1.807) is 0 Å². The van der Waals surface area contributed by atoms with Crippen molar-refractivity contribution in [2.24, 2.45) is 5.41 Å². The summed E-state index contributed by atoms with van der Waals surface area (Å²) < 4.78 is 5.77. The highest BCUT2D eigenvalue weighted by Gasteiger charge is 2.42. The van der Waals surface area contributed by atoms with Gasteiger partial charge >= 0.3 is 0 Å². The molecule has 0 heterocycles. The second kappa shape index (κ2) is 6.94. The van der Waals surface area contributed by atoms with Gasteiger partial charge in [0.2, 0.25) is 13.8 Å². The molecular formula is C13H27BN2O3. The van der Waals surface area contributed by atoms with Gasteiger partial charge in [0.25, 0.3) is 0 Å². The van der Waals surface area contributed by atoms with Crippen molar-refractivity contribution in [1.29, 1.82) is 0 Å². The Morgan fingerprint density at radius 1 is 1.26 bits per heavy atom. The molecule has 0 rings (SSSR count). The van der Waals surface area contributed by atoms with Gasteiger partial charge in [-0.1, -0.05) is 13.8 Å². The Hall–Kier alpha value is -1.04. The van der Waals surface area contributed by atoms with E-state index in [4.69, 9.17) is 4.74 Å². The second-order valence-electron chi connectivity index (χ2n) is 5.86. The van der Waals surface area contributed by atoms with Crippen LogP contribution in [0.15, 0.2) is 0 Å². The fraction of sp³-hybridized carbons (Fsp3) is 0.846. The van der Waals surface area contributed by atoms with Crippen LogP contribution in [0.4, 0.5) is 4.79 Å². The normalized spacial score (nSPS) is 13.8. The molecule has 0 aromatic rings. The summed E-state index contributed by atoms with van der Waals surface area (Å²) in [7, 11) is 1.39. The molecule has 0 bridgehead atoms. The maximum atomic E-state index is 11.7. The van der Waals surface area contributed by atoms with E-state index in [0.29, 0.717) is 6.61 Å². The lowest BCUT2D eigenvalue weighted by molar-refractivity contribution is -0.127. The van der Waals surface area contributed by atoms with Crippen molar-refractivity contribution in [3.8, 4) is 0 Å². The molecule has 5 nitrogen and oxygen atoms in total. The van der Waals surface area contributed by atoms with Crippen LogP contribution in [0.3, 0.4) is 0 Å². The van der Waals surface area contributed by atoms with Gasteiger partial charge in [-0.05, 0) is 27.7 Å². The molecule has 0 aliphatic heterocycles. The van der Waals surface area contributed by atoms with Crippen LogP contribution < -0.4 is 10.6 Å². The molecule has 19 heavy (non-hydrogen) atoms. The van der Waals surface area contributed by atoms with E-state index in [2.05, 4.69) is 24.5 Å². The molecule has 2 amide bonds. The van der Waals surface area contributed by atoms with Gasteiger partial charge in [-0.15, -0.1) is 0 Å². The minimum absolute atomic E-state index is 0.00478. The summed E-state index contributed by atoms with van der Waals surface area (Å²) in [5.74, 6) is -0.403. The first-order chi connectivity index (χ1) is 8.54. The van der Waals surface area contributed by atoms with Crippen molar-refractivity contribution in [2.45, 2.75) is 53.2 Å². The number of hydrogen-bond donors (Lipinski definition) is 2. The number of carbonyl (C=O) groups is 2. The molecule has 0 aromatic heterocycles. The molecule has 110 valence electrons. The Morgan fingerprint density at radius 2 is 1.79 bits per heavy atom. The average Bonchev–Trinajstić information content (AvgIpc) is 2.25. The smallest absolute Gasteiger partial charge is 0.239 e. The highest BCUT2D eigenvalue weighted by atomic mass is 16.5. The summed E-state index contributed by atoms with van der Waals surface area (Å²) in [5.41, 5.74) is -0.600. The zero-order chi connectivity index (χ0) is 15.3. The minimum atomic E-state index is -0.359. The van der Waals surface area contributed by atoms with E-state index in [1.165, 1.54) is 7.85 Å². The highest BCUT2D eigenvalue weighted by molar-refractivity contribution is 6.57. The molecule has 0 radical (unpaired) electrons. The molecule has 0 saturated heterocycles. The zero-order valence-corrected chi connectivity index (χ0v) is 13.2. The molecule has 0 aliphatic rings. The van der Waals surface area contributed by atoms with Crippen molar-refractivity contribution in [1.82, 2.24) is 10.6 Å². The van der Waals surface area contributed by atoms with E-state index in [0.717, 1.165) is 0 Å². The number of carbonyl (C=O) groups excluding carboxylic acids is 2. The molecule has 1 unspecified atom stereocenters. The number of hydrogen-bond acceptors (Lipinski definition) is 3.